The Labute approximate surface area is 190 Å². The zero-order valence-electron chi connectivity index (χ0n) is 18.1. The Morgan fingerprint density at radius 3 is 2.33 bits per heavy atom. The van der Waals surface area contributed by atoms with Crippen molar-refractivity contribution in [2.24, 2.45) is 0 Å². The van der Waals surface area contributed by atoms with Crippen LogP contribution in [0.4, 0.5) is 4.39 Å². The van der Waals surface area contributed by atoms with Gasteiger partial charge in [0, 0.05) is 11.1 Å². The molecule has 4 rings (SSSR count). The largest absolute Gasteiger partial charge is 0.503 e. The Kier molecular flexibility index (Phi) is 6.04. The highest BCUT2D eigenvalue weighted by atomic mass is 19.1. The molecule has 1 aromatic heterocycles. The number of halogens is 1. The molecule has 0 saturated carbocycles. The SMILES string of the molecule is COc1ccc(C(=O)c2c(O)c(O)n(Cc3cccc(F)c3)c2-c2ccccc2OC)cc1. The molecule has 0 radical (unpaired) electrons. The molecule has 0 fully saturated rings. The molecule has 3 aromatic carbocycles. The molecule has 1 heterocycles. The van der Waals surface area contributed by atoms with E-state index in [-0.39, 0.29) is 17.8 Å². The number of carbonyl (C=O) groups is 1. The predicted octanol–water partition coefficient (Wildman–Crippen LogP) is 5.00. The number of carbonyl (C=O) groups excluding carboxylic acids is 1. The van der Waals surface area contributed by atoms with Crippen molar-refractivity contribution in [2.45, 2.75) is 6.54 Å². The van der Waals surface area contributed by atoms with Crippen molar-refractivity contribution in [2.75, 3.05) is 14.2 Å². The number of rotatable bonds is 7. The van der Waals surface area contributed by atoms with Crippen LogP contribution in [0.15, 0.2) is 72.8 Å². The molecule has 0 aliphatic rings. The summed E-state index contributed by atoms with van der Waals surface area (Å²) in [5, 5.41) is 21.7. The van der Waals surface area contributed by atoms with Gasteiger partial charge in [-0.15, -0.1) is 0 Å². The standard InChI is InChI=1S/C26H22FNO5/c1-32-19-12-10-17(11-13-19)24(29)22-23(20-8-3-4-9-21(20)33-2)28(26(31)25(22)30)15-16-6-5-7-18(27)14-16/h3-14,30-31H,15H2,1-2H3. The van der Waals surface area contributed by atoms with Gasteiger partial charge in [0.25, 0.3) is 0 Å². The van der Waals surface area contributed by atoms with Crippen molar-refractivity contribution in [1.29, 1.82) is 0 Å². The summed E-state index contributed by atoms with van der Waals surface area (Å²) < 4.78 is 25.8. The number of aromatic nitrogens is 1. The van der Waals surface area contributed by atoms with Gasteiger partial charge in [-0.1, -0.05) is 24.3 Å². The zero-order chi connectivity index (χ0) is 23.5. The Hall–Kier alpha value is -4.26. The predicted molar refractivity (Wildman–Crippen MR) is 122 cm³/mol. The summed E-state index contributed by atoms with van der Waals surface area (Å²) in [6.45, 7) is 0.0143. The molecule has 0 aliphatic heterocycles. The molecule has 0 saturated heterocycles. The second-order valence-corrected chi connectivity index (χ2v) is 7.37. The second-order valence-electron chi connectivity index (χ2n) is 7.37. The van der Waals surface area contributed by atoms with Crippen molar-refractivity contribution in [3.63, 3.8) is 0 Å². The number of ketones is 1. The molecule has 2 N–H and O–H groups in total. The van der Waals surface area contributed by atoms with E-state index in [9.17, 15) is 19.4 Å². The van der Waals surface area contributed by atoms with Crippen molar-refractivity contribution in [3.8, 4) is 34.4 Å². The van der Waals surface area contributed by atoms with Crippen LogP contribution in [0.5, 0.6) is 23.1 Å². The molecule has 33 heavy (non-hydrogen) atoms. The number of aromatic hydroxyl groups is 2. The number of methoxy groups -OCH3 is 2. The molecule has 6 nitrogen and oxygen atoms in total. The maximum atomic E-state index is 13.8. The Morgan fingerprint density at radius 1 is 0.939 bits per heavy atom. The van der Waals surface area contributed by atoms with E-state index >= 15 is 0 Å². The van der Waals surface area contributed by atoms with Crippen molar-refractivity contribution < 1.29 is 28.9 Å². The first-order chi connectivity index (χ1) is 15.9. The molecule has 0 atom stereocenters. The van der Waals surface area contributed by atoms with Gasteiger partial charge in [-0.3, -0.25) is 4.79 Å². The number of hydrogen-bond donors (Lipinski definition) is 2. The van der Waals surface area contributed by atoms with E-state index in [0.717, 1.165) is 0 Å². The molecular formula is C26H22FNO5. The third-order valence-electron chi connectivity index (χ3n) is 5.38. The molecular weight excluding hydrogens is 425 g/mol. The van der Waals surface area contributed by atoms with Crippen LogP contribution in [0.1, 0.15) is 21.5 Å². The summed E-state index contributed by atoms with van der Waals surface area (Å²) in [6.07, 6.45) is 0. The molecule has 0 unspecified atom stereocenters. The summed E-state index contributed by atoms with van der Waals surface area (Å²) in [6, 6.07) is 19.3. The molecule has 4 aromatic rings. The van der Waals surface area contributed by atoms with Crippen LogP contribution in [0.3, 0.4) is 0 Å². The maximum absolute atomic E-state index is 13.8. The minimum Gasteiger partial charge on any atom is -0.503 e. The highest BCUT2D eigenvalue weighted by Crippen LogP contribution is 2.45. The summed E-state index contributed by atoms with van der Waals surface area (Å²) in [5.74, 6) is -0.974. The fraction of sp³-hybridized carbons (Fsp3) is 0.115. The van der Waals surface area contributed by atoms with Gasteiger partial charge in [0.1, 0.15) is 17.3 Å². The lowest BCUT2D eigenvalue weighted by Gasteiger charge is -2.15. The van der Waals surface area contributed by atoms with E-state index in [0.29, 0.717) is 28.2 Å². The summed E-state index contributed by atoms with van der Waals surface area (Å²) in [5.41, 5.74) is 1.50. The molecule has 0 bridgehead atoms. The summed E-state index contributed by atoms with van der Waals surface area (Å²) >= 11 is 0. The fourth-order valence-corrected chi connectivity index (χ4v) is 3.79. The van der Waals surface area contributed by atoms with E-state index in [1.54, 1.807) is 60.7 Å². The normalized spacial score (nSPS) is 10.8. The number of para-hydroxylation sites is 1. The third-order valence-corrected chi connectivity index (χ3v) is 5.38. The van der Waals surface area contributed by atoms with E-state index in [1.165, 1.54) is 30.9 Å². The lowest BCUT2D eigenvalue weighted by Crippen LogP contribution is -2.07. The quantitative estimate of drug-likeness (QED) is 0.390. The monoisotopic (exact) mass is 447 g/mol. The second kappa shape index (κ2) is 9.08. The van der Waals surface area contributed by atoms with Crippen LogP contribution >= 0.6 is 0 Å². The van der Waals surface area contributed by atoms with Crippen LogP contribution < -0.4 is 9.47 Å². The fourth-order valence-electron chi connectivity index (χ4n) is 3.79. The molecule has 168 valence electrons. The van der Waals surface area contributed by atoms with E-state index in [4.69, 9.17) is 9.47 Å². The van der Waals surface area contributed by atoms with Crippen LogP contribution in [-0.4, -0.2) is 34.8 Å². The van der Waals surface area contributed by atoms with Gasteiger partial charge in [0.2, 0.25) is 5.88 Å². The lowest BCUT2D eigenvalue weighted by atomic mass is 9.98. The van der Waals surface area contributed by atoms with Gasteiger partial charge in [-0.05, 0) is 54.1 Å². The van der Waals surface area contributed by atoms with Gasteiger partial charge in [0.15, 0.2) is 11.5 Å². The summed E-state index contributed by atoms with van der Waals surface area (Å²) in [7, 11) is 3.01. The highest BCUT2D eigenvalue weighted by molar-refractivity contribution is 6.15. The van der Waals surface area contributed by atoms with Crippen LogP contribution in [-0.2, 0) is 6.54 Å². The van der Waals surface area contributed by atoms with Gasteiger partial charge in [-0.2, -0.15) is 0 Å². The van der Waals surface area contributed by atoms with Gasteiger partial charge in [0.05, 0.1) is 32.0 Å². The topological polar surface area (TPSA) is 80.9 Å². The minimum atomic E-state index is -0.562. The van der Waals surface area contributed by atoms with E-state index in [1.807, 2.05) is 0 Å². The van der Waals surface area contributed by atoms with E-state index in [2.05, 4.69) is 0 Å². The number of hydrogen-bond acceptors (Lipinski definition) is 5. The first-order valence-electron chi connectivity index (χ1n) is 10.2. The van der Waals surface area contributed by atoms with Gasteiger partial charge >= 0.3 is 0 Å². The van der Waals surface area contributed by atoms with Crippen LogP contribution in [0, 0.1) is 5.82 Å². The van der Waals surface area contributed by atoms with Crippen molar-refractivity contribution in [3.05, 3.63) is 95.3 Å². The molecule has 0 spiro atoms. The van der Waals surface area contributed by atoms with Gasteiger partial charge in [-0.25, -0.2) is 4.39 Å². The zero-order valence-corrected chi connectivity index (χ0v) is 18.1. The maximum Gasteiger partial charge on any atom is 0.236 e. The van der Waals surface area contributed by atoms with Crippen molar-refractivity contribution in [1.82, 2.24) is 4.57 Å². The van der Waals surface area contributed by atoms with E-state index < -0.39 is 23.2 Å². The smallest absolute Gasteiger partial charge is 0.236 e. The van der Waals surface area contributed by atoms with Crippen molar-refractivity contribution >= 4 is 5.78 Å². The Balaban J connectivity index is 1.94. The average molecular weight is 447 g/mol. The third kappa shape index (κ3) is 4.13. The number of benzene rings is 3. The Morgan fingerprint density at radius 2 is 1.67 bits per heavy atom. The lowest BCUT2D eigenvalue weighted by molar-refractivity contribution is 0.103. The highest BCUT2D eigenvalue weighted by Gasteiger charge is 2.30. The number of ether oxygens (including phenoxy) is 2. The molecule has 0 amide bonds. The summed E-state index contributed by atoms with van der Waals surface area (Å²) in [4.78, 5) is 13.5. The average Bonchev–Trinajstić information content (AvgIpc) is 3.08. The Bertz CT molecular complexity index is 1310. The first kappa shape index (κ1) is 22.0. The molecule has 7 heteroatoms. The van der Waals surface area contributed by atoms with Gasteiger partial charge < -0.3 is 24.3 Å². The van der Waals surface area contributed by atoms with Crippen LogP contribution in [0.25, 0.3) is 11.3 Å². The minimum absolute atomic E-state index is 0.0143. The molecule has 0 aliphatic carbocycles. The number of nitrogens with zero attached hydrogens (tertiary/aromatic N) is 1. The first-order valence-corrected chi connectivity index (χ1v) is 10.2. The van der Waals surface area contributed by atoms with Crippen LogP contribution in [0.2, 0.25) is 0 Å².